The number of unbranched alkanes of at least 4 members (excludes halogenated alkanes) is 3. The average Bonchev–Trinajstić information content (AvgIpc) is 1.62. The monoisotopic (exact) mass is 1940 g/mol. The van der Waals surface area contributed by atoms with Gasteiger partial charge in [0.1, 0.15) is 90.6 Å². The highest BCUT2D eigenvalue weighted by molar-refractivity contribution is 7.98. The van der Waals surface area contributed by atoms with Crippen molar-refractivity contribution in [3.8, 4) is 0 Å². The number of carboxylic acids is 3. The Hall–Kier alpha value is -11.2. The van der Waals surface area contributed by atoms with Crippen molar-refractivity contribution in [2.75, 3.05) is 83.1 Å². The Bertz CT molecular complexity index is 4030. The first kappa shape index (κ1) is 119. The summed E-state index contributed by atoms with van der Waals surface area (Å²) in [6, 6.07) is -16.2. The average molecular weight is 1940 g/mol. The van der Waals surface area contributed by atoms with Crippen molar-refractivity contribution in [3.05, 3.63) is 35.9 Å². The number of aliphatic hydroxyl groups excluding tert-OH is 3. The topological polar surface area (TPSA) is 798 Å². The first-order chi connectivity index (χ1) is 63.5. The van der Waals surface area contributed by atoms with Crippen LogP contribution in [0.3, 0.4) is 0 Å². The molecule has 0 bridgehead atoms. The van der Waals surface area contributed by atoms with Crippen molar-refractivity contribution in [3.63, 3.8) is 0 Å². The van der Waals surface area contributed by atoms with Crippen LogP contribution < -0.4 is 114 Å². The summed E-state index contributed by atoms with van der Waals surface area (Å²) in [5.41, 5.74) is 35.0. The van der Waals surface area contributed by atoms with Gasteiger partial charge in [-0.2, -0.15) is 23.5 Å². The molecule has 1 aromatic carbocycles. The number of amides is 16. The van der Waals surface area contributed by atoms with Gasteiger partial charge < -0.3 is 150 Å². The van der Waals surface area contributed by atoms with E-state index in [1.165, 1.54) is 37.4 Å². The maximum Gasteiger partial charge on any atom is 0.328 e. The Kier molecular flexibility index (Phi) is 57.4. The Labute approximate surface area is 787 Å². The fourth-order valence-electron chi connectivity index (χ4n) is 13.8. The molecule has 50 heteroatoms. The summed E-state index contributed by atoms with van der Waals surface area (Å²) in [5, 5.41) is 96.1. The number of aliphatic carboxylic acids is 3. The molecule has 134 heavy (non-hydrogen) atoms. The summed E-state index contributed by atoms with van der Waals surface area (Å²) in [6.07, 6.45) is 2.89. The lowest BCUT2D eigenvalue weighted by Gasteiger charge is -2.31. The van der Waals surface area contributed by atoms with Crippen molar-refractivity contribution in [2.24, 2.45) is 57.1 Å². The quantitative estimate of drug-likeness (QED) is 0.0164. The number of aliphatic imine (C=N–C) groups is 1. The molecule has 0 spiro atoms. The van der Waals surface area contributed by atoms with E-state index in [-0.39, 0.29) is 147 Å². The van der Waals surface area contributed by atoms with E-state index < -0.39 is 260 Å². The van der Waals surface area contributed by atoms with Gasteiger partial charge in [0.25, 0.3) is 0 Å². The number of nitrogens with zero attached hydrogens (tertiary/aromatic N) is 2. The molecule has 16 atom stereocenters. The van der Waals surface area contributed by atoms with Crippen LogP contribution in [0.2, 0.25) is 0 Å². The van der Waals surface area contributed by atoms with Gasteiger partial charge in [0.15, 0.2) is 5.96 Å². The molecule has 1 fully saturated rings. The minimum Gasteiger partial charge on any atom is -0.481 e. The number of rotatable bonds is 68. The first-order valence-electron chi connectivity index (χ1n) is 44.7. The highest BCUT2D eigenvalue weighted by Gasteiger charge is 2.43. The third-order valence-corrected chi connectivity index (χ3v) is 22.6. The van der Waals surface area contributed by atoms with Crippen molar-refractivity contribution in [1.82, 2.24) is 84.7 Å². The zero-order valence-electron chi connectivity index (χ0n) is 77.4. The molecule has 0 aliphatic carbocycles. The Morgan fingerprint density at radius 1 is 0.433 bits per heavy atom. The van der Waals surface area contributed by atoms with E-state index in [9.17, 15) is 122 Å². The molecule has 16 amide bonds. The van der Waals surface area contributed by atoms with Crippen LogP contribution in [0.5, 0.6) is 0 Å². The van der Waals surface area contributed by atoms with Crippen LogP contribution in [-0.4, -0.2) is 334 Å². The molecular formula is C84H143N23O25S2. The van der Waals surface area contributed by atoms with Gasteiger partial charge in [-0.25, -0.2) is 4.79 Å². The Balaban J connectivity index is 2.47. The van der Waals surface area contributed by atoms with E-state index in [0.717, 1.165) is 4.90 Å². The van der Waals surface area contributed by atoms with Crippen LogP contribution in [0.25, 0.3) is 0 Å². The molecule has 1 aromatic rings. The van der Waals surface area contributed by atoms with Crippen LogP contribution in [0.1, 0.15) is 169 Å². The smallest absolute Gasteiger partial charge is 0.328 e. The predicted octanol–water partition coefficient (Wildman–Crippen LogP) is -7.84. The van der Waals surface area contributed by atoms with E-state index in [0.29, 0.717) is 30.6 Å². The minimum absolute atomic E-state index is 0.0241. The maximum absolute atomic E-state index is 14.7. The number of thioether (sulfide) groups is 2. The van der Waals surface area contributed by atoms with Crippen LogP contribution >= 0.6 is 23.5 Å². The Morgan fingerprint density at radius 2 is 0.828 bits per heavy atom. The molecule has 33 N–H and O–H groups in total. The summed E-state index contributed by atoms with van der Waals surface area (Å²) >= 11 is 2.71. The number of aliphatic hydroxyl groups is 3. The molecule has 1 aliphatic heterocycles. The lowest BCUT2D eigenvalue weighted by molar-refractivity contribution is -0.146. The summed E-state index contributed by atoms with van der Waals surface area (Å²) < 4.78 is 0. The molecule has 48 nitrogen and oxygen atoms in total. The van der Waals surface area contributed by atoms with Gasteiger partial charge >= 0.3 is 17.9 Å². The number of hydrogen-bond acceptors (Lipinski definition) is 29. The molecule has 1 saturated heterocycles. The summed E-state index contributed by atoms with van der Waals surface area (Å²) in [6.45, 7) is 5.96. The van der Waals surface area contributed by atoms with Gasteiger partial charge in [0.05, 0.1) is 38.8 Å². The van der Waals surface area contributed by atoms with Gasteiger partial charge in [-0.05, 0) is 176 Å². The maximum atomic E-state index is 14.7. The lowest BCUT2D eigenvalue weighted by Crippen LogP contribution is -2.61. The molecule has 0 saturated carbocycles. The zero-order valence-corrected chi connectivity index (χ0v) is 79.0. The van der Waals surface area contributed by atoms with Crippen LogP contribution in [0.4, 0.5) is 0 Å². The van der Waals surface area contributed by atoms with E-state index >= 15 is 0 Å². The number of carbonyl (C=O) groups is 19. The largest absolute Gasteiger partial charge is 0.481 e. The molecule has 1 aliphatic rings. The fourth-order valence-corrected chi connectivity index (χ4v) is 14.7. The summed E-state index contributed by atoms with van der Waals surface area (Å²) in [4.78, 5) is 267. The van der Waals surface area contributed by atoms with Gasteiger partial charge in [-0.3, -0.25) is 91.3 Å². The molecule has 2 rings (SSSR count). The van der Waals surface area contributed by atoms with Crippen molar-refractivity contribution >= 4 is 142 Å². The number of likely N-dealkylation sites (tertiary alicyclic amines) is 1. The highest BCUT2D eigenvalue weighted by Crippen LogP contribution is 2.22. The highest BCUT2D eigenvalue weighted by atomic mass is 32.2. The number of guanidine groups is 1. The number of benzene rings is 1. The second-order valence-electron chi connectivity index (χ2n) is 33.4. The van der Waals surface area contributed by atoms with Crippen LogP contribution in [0.15, 0.2) is 35.3 Å². The number of nitrogens with one attached hydrogen (secondary N) is 15. The molecule has 756 valence electrons. The summed E-state index contributed by atoms with van der Waals surface area (Å²) in [5.74, 6) is -21.4. The van der Waals surface area contributed by atoms with Crippen LogP contribution in [0, 0.1) is 17.8 Å². The van der Waals surface area contributed by atoms with Gasteiger partial charge in [-0.1, -0.05) is 71.9 Å². The molecule has 1 heterocycles. The number of hydrogen-bond donors (Lipinski definition) is 27. The van der Waals surface area contributed by atoms with E-state index in [4.69, 9.17) is 34.4 Å². The van der Waals surface area contributed by atoms with Crippen molar-refractivity contribution in [2.45, 2.75) is 267 Å². The van der Waals surface area contributed by atoms with Gasteiger partial charge in [0, 0.05) is 25.9 Å². The normalized spacial score (nSPS) is 15.7. The minimum atomic E-state index is -1.89. The van der Waals surface area contributed by atoms with Crippen molar-refractivity contribution < 1.29 is 122 Å². The third kappa shape index (κ3) is 44.8. The molecule has 0 unspecified atom stereocenters. The van der Waals surface area contributed by atoms with E-state index in [1.807, 2.05) is 5.32 Å². The van der Waals surface area contributed by atoms with E-state index in [2.05, 4.69) is 79.4 Å². The standard InChI is InChI=1S/C84H143N23O25S2/c1-45(2)38-56(100-71(119)53(25-18-34-91-84(89)90)99-80(128)66(46(3)4)105-73(121)54(27-28-64(112)113)94-68(116)49(88)29-36-133-7)75(123)95-51(23-13-16-32-86)70(118)97-55(30-37-134-8)74(122)106-67(47(5)6)81(129)101-58(40-65(114)115)82(130)107-35-19-26-62(107)79(127)98-50(22-12-15-31-85)69(117)92-41-63(111)93-57(39-48-20-10-9-11-21-48)76(124)103-59(42-108)77(125)96-52(24-14-17-33-87)72(120)102-60(43-109)78(126)104-61(44-110)83(131)132/h9-11,20-21,45-47,49-62,66-67,108-110H,12-19,22-44,85-88H2,1-8H3,(H,92,117)(H,93,111)(H,94,116)(H,95,123)(H,96,125)(H,97,118)(H,98,127)(H,99,128)(H,100,119)(H,101,129)(H,102,120)(H,103,124)(H,104,126)(H,105,121)(H,106,122)(H,112,113)(H,114,115)(H,131,132)(H4,89,90,91)/t49-,50-,51-,52-,53-,54-,55-,56-,57-,58-,59-,60-,61-,62-,66-,67-/m0/s1. The number of carbonyl (C=O) groups excluding carboxylic acids is 16. The van der Waals surface area contributed by atoms with Gasteiger partial charge in [0.2, 0.25) is 94.5 Å². The van der Waals surface area contributed by atoms with Gasteiger partial charge in [-0.15, -0.1) is 0 Å². The van der Waals surface area contributed by atoms with E-state index in [1.54, 1.807) is 70.5 Å². The molecule has 0 aromatic heterocycles. The number of carboxylic acid groups (broad SMARTS) is 3. The third-order valence-electron chi connectivity index (χ3n) is 21.3. The molecular weight excluding hydrogens is 1800 g/mol. The fraction of sp³-hybridized carbons (Fsp3) is 0.690. The first-order valence-corrected chi connectivity index (χ1v) is 47.5. The zero-order chi connectivity index (χ0) is 101. The lowest BCUT2D eigenvalue weighted by atomic mass is 9.99. The predicted molar refractivity (Wildman–Crippen MR) is 495 cm³/mol. The summed E-state index contributed by atoms with van der Waals surface area (Å²) in [7, 11) is 0. The second kappa shape index (κ2) is 64.7. The Morgan fingerprint density at radius 3 is 1.27 bits per heavy atom. The second-order valence-corrected chi connectivity index (χ2v) is 35.3. The van der Waals surface area contributed by atoms with Crippen molar-refractivity contribution in [1.29, 1.82) is 0 Å². The van der Waals surface area contributed by atoms with Crippen LogP contribution in [-0.2, 0) is 97.5 Å². The molecule has 0 radical (unpaired) electrons. The number of nitrogens with two attached hydrogens (primary N) is 6. The SMILES string of the molecule is CSCC[C@H](NC(=O)[C@H](CCCCN)NC(=O)[C@H](CC(C)C)NC(=O)[C@H](CCCN=C(N)N)NC(=O)[C@@H](NC(=O)[C@H](CCC(=O)O)NC(=O)[C@@H](N)CCSC)C(C)C)C(=O)N[C@H](C(=O)N[C@@H](CC(=O)O)C(=O)N1CCC[C@H]1C(=O)N[C@@H](CCCCN)C(=O)NCC(=O)N[C@@H](Cc1ccccc1)C(=O)N[C@@H](CO)C(=O)N[C@@H](CCCCN)C(=O)N[C@@H](CO)C(=O)N[C@@H](CO)C(=O)O)C(C)C.